The predicted molar refractivity (Wildman–Crippen MR) is 99.1 cm³/mol. The lowest BCUT2D eigenvalue weighted by atomic mass is 9.62. The Morgan fingerprint density at radius 1 is 0.917 bits per heavy atom. The van der Waals surface area contributed by atoms with Crippen molar-refractivity contribution in [2.45, 2.75) is 65.3 Å². The van der Waals surface area contributed by atoms with Crippen LogP contribution >= 0.6 is 0 Å². The van der Waals surface area contributed by atoms with Gasteiger partial charge in [0.15, 0.2) is 0 Å². The fourth-order valence-electron chi connectivity index (χ4n) is 4.59. The van der Waals surface area contributed by atoms with Crippen LogP contribution < -0.4 is 5.32 Å². The lowest BCUT2D eigenvalue weighted by molar-refractivity contribution is 0.0111. The Balaban J connectivity index is 2.72. The summed E-state index contributed by atoms with van der Waals surface area (Å²) in [5, 5.41) is 30.9. The zero-order valence-corrected chi connectivity index (χ0v) is 16.1. The van der Waals surface area contributed by atoms with Gasteiger partial charge in [0.1, 0.15) is 0 Å². The molecule has 2 atom stereocenters. The molecule has 24 heavy (non-hydrogen) atoms. The van der Waals surface area contributed by atoms with Gasteiger partial charge in [-0.25, -0.2) is 0 Å². The zero-order valence-electron chi connectivity index (χ0n) is 16.1. The summed E-state index contributed by atoms with van der Waals surface area (Å²) in [6.07, 6.45) is 5.94. The predicted octanol–water partition coefficient (Wildman–Crippen LogP) is 1.61. The molecular weight excluding hydrogens is 304 g/mol. The van der Waals surface area contributed by atoms with Gasteiger partial charge in [-0.05, 0) is 55.9 Å². The van der Waals surface area contributed by atoms with Crippen LogP contribution in [0.15, 0.2) is 0 Å². The molecule has 1 rings (SSSR count). The first-order chi connectivity index (χ1) is 11.4. The van der Waals surface area contributed by atoms with Gasteiger partial charge in [-0.15, -0.1) is 0 Å². The number of aliphatic hydroxyl groups is 3. The smallest absolute Gasteiger partial charge is 0.0443 e. The summed E-state index contributed by atoms with van der Waals surface area (Å²) >= 11 is 0. The number of nitrogens with one attached hydrogen (secondary N) is 1. The highest BCUT2D eigenvalue weighted by Gasteiger charge is 2.42. The van der Waals surface area contributed by atoms with E-state index < -0.39 is 0 Å². The number of rotatable bonds is 12. The molecular formula is C19H40N2O3. The molecule has 0 bridgehead atoms. The van der Waals surface area contributed by atoms with Crippen LogP contribution in [-0.2, 0) is 0 Å². The van der Waals surface area contributed by atoms with E-state index in [0.717, 1.165) is 51.9 Å². The largest absolute Gasteiger partial charge is 0.396 e. The first-order valence-corrected chi connectivity index (χ1v) is 9.63. The average molecular weight is 345 g/mol. The highest BCUT2D eigenvalue weighted by molar-refractivity contribution is 4.96. The van der Waals surface area contributed by atoms with Gasteiger partial charge in [0.25, 0.3) is 0 Å². The normalized spacial score (nSPS) is 26.9. The van der Waals surface area contributed by atoms with Crippen LogP contribution in [0.2, 0.25) is 0 Å². The molecule has 5 nitrogen and oxygen atoms in total. The van der Waals surface area contributed by atoms with Gasteiger partial charge >= 0.3 is 0 Å². The van der Waals surface area contributed by atoms with E-state index in [1.165, 1.54) is 12.8 Å². The van der Waals surface area contributed by atoms with E-state index in [9.17, 15) is 10.2 Å². The molecule has 1 saturated carbocycles. The van der Waals surface area contributed by atoms with Crippen molar-refractivity contribution in [3.05, 3.63) is 0 Å². The number of hydrogen-bond acceptors (Lipinski definition) is 5. The van der Waals surface area contributed by atoms with Crippen LogP contribution in [0.3, 0.4) is 0 Å². The van der Waals surface area contributed by atoms with Gasteiger partial charge in [0.2, 0.25) is 0 Å². The van der Waals surface area contributed by atoms with Crippen LogP contribution in [-0.4, -0.2) is 72.3 Å². The van der Waals surface area contributed by atoms with E-state index in [1.54, 1.807) is 0 Å². The Hall–Kier alpha value is -0.200. The van der Waals surface area contributed by atoms with E-state index in [1.807, 2.05) is 0 Å². The first kappa shape index (κ1) is 21.8. The zero-order chi connectivity index (χ0) is 18.1. The molecule has 0 aliphatic heterocycles. The van der Waals surface area contributed by atoms with Gasteiger partial charge in [0, 0.05) is 45.5 Å². The number of hydrogen-bond donors (Lipinski definition) is 4. The minimum atomic E-state index is 0.228. The number of nitrogens with zero attached hydrogens (tertiary/aromatic N) is 1. The van der Waals surface area contributed by atoms with Gasteiger partial charge < -0.3 is 25.5 Å². The minimum Gasteiger partial charge on any atom is -0.396 e. The molecule has 2 unspecified atom stereocenters. The monoisotopic (exact) mass is 344 g/mol. The van der Waals surface area contributed by atoms with Crippen LogP contribution in [0.4, 0.5) is 0 Å². The van der Waals surface area contributed by atoms with Gasteiger partial charge in [0.05, 0.1) is 0 Å². The fourth-order valence-corrected chi connectivity index (χ4v) is 4.59. The second-order valence-corrected chi connectivity index (χ2v) is 8.66. The van der Waals surface area contributed by atoms with Crippen molar-refractivity contribution in [3.8, 4) is 0 Å². The summed E-state index contributed by atoms with van der Waals surface area (Å²) in [5.41, 5.74) is 0.547. The van der Waals surface area contributed by atoms with Crippen molar-refractivity contribution >= 4 is 0 Å². The summed E-state index contributed by atoms with van der Waals surface area (Å²) in [6.45, 7) is 11.5. The Kier molecular flexibility index (Phi) is 9.75. The van der Waals surface area contributed by atoms with Crippen molar-refractivity contribution in [2.24, 2.45) is 10.8 Å². The molecule has 1 aliphatic carbocycles. The van der Waals surface area contributed by atoms with Crippen LogP contribution in [0.25, 0.3) is 0 Å². The van der Waals surface area contributed by atoms with E-state index >= 15 is 0 Å². The minimum absolute atomic E-state index is 0.228. The van der Waals surface area contributed by atoms with Crippen LogP contribution in [0, 0.1) is 10.8 Å². The molecule has 0 aromatic carbocycles. The summed E-state index contributed by atoms with van der Waals surface area (Å²) < 4.78 is 0. The Morgan fingerprint density at radius 3 is 2.04 bits per heavy atom. The molecule has 0 aromatic heterocycles. The summed E-state index contributed by atoms with van der Waals surface area (Å²) in [7, 11) is 0. The van der Waals surface area contributed by atoms with Crippen LogP contribution in [0.5, 0.6) is 0 Å². The maximum atomic E-state index is 9.20. The standard InChI is InChI=1S/C19H40N2O3/c1-18(2)13-17(21(8-5-11-23)9-6-12-24)14-19(3,15-18)16-20-7-4-10-22/h17,20,22-24H,4-16H2,1-3H3. The van der Waals surface area contributed by atoms with Crippen molar-refractivity contribution in [1.82, 2.24) is 10.2 Å². The second-order valence-electron chi connectivity index (χ2n) is 8.66. The molecule has 1 aliphatic rings. The van der Waals surface area contributed by atoms with Gasteiger partial charge in [-0.3, -0.25) is 0 Å². The molecule has 0 amide bonds. The molecule has 5 heteroatoms. The summed E-state index contributed by atoms with van der Waals surface area (Å²) in [4.78, 5) is 2.49. The van der Waals surface area contributed by atoms with E-state index in [4.69, 9.17) is 5.11 Å². The Bertz CT molecular complexity index is 331. The molecule has 0 aromatic rings. The van der Waals surface area contributed by atoms with Crippen molar-refractivity contribution in [2.75, 3.05) is 46.0 Å². The fraction of sp³-hybridized carbons (Fsp3) is 1.00. The Morgan fingerprint density at radius 2 is 1.50 bits per heavy atom. The molecule has 0 radical (unpaired) electrons. The molecule has 1 fully saturated rings. The molecule has 4 N–H and O–H groups in total. The second kappa shape index (κ2) is 10.7. The van der Waals surface area contributed by atoms with E-state index in [0.29, 0.717) is 11.5 Å². The topological polar surface area (TPSA) is 76.0 Å². The van der Waals surface area contributed by atoms with E-state index in [-0.39, 0.29) is 25.2 Å². The van der Waals surface area contributed by atoms with Gasteiger partial charge in [-0.1, -0.05) is 20.8 Å². The molecule has 0 heterocycles. The lowest BCUT2D eigenvalue weighted by Gasteiger charge is -2.50. The highest BCUT2D eigenvalue weighted by atomic mass is 16.3. The van der Waals surface area contributed by atoms with Gasteiger partial charge in [-0.2, -0.15) is 0 Å². The van der Waals surface area contributed by atoms with E-state index in [2.05, 4.69) is 31.0 Å². The average Bonchev–Trinajstić information content (AvgIpc) is 2.50. The quantitative estimate of drug-likeness (QED) is 0.405. The molecule has 0 spiro atoms. The summed E-state index contributed by atoms with van der Waals surface area (Å²) in [5.74, 6) is 0. The van der Waals surface area contributed by atoms with Crippen molar-refractivity contribution < 1.29 is 15.3 Å². The maximum Gasteiger partial charge on any atom is 0.0443 e. The third-order valence-corrected chi connectivity index (χ3v) is 5.21. The third-order valence-electron chi connectivity index (χ3n) is 5.21. The SMILES string of the molecule is CC1(C)CC(N(CCCO)CCCO)CC(C)(CNCCCO)C1. The van der Waals surface area contributed by atoms with Crippen LogP contribution in [0.1, 0.15) is 59.3 Å². The molecule has 0 saturated heterocycles. The summed E-state index contributed by atoms with van der Waals surface area (Å²) in [6, 6.07) is 0.511. The van der Waals surface area contributed by atoms with Crippen molar-refractivity contribution in [1.29, 1.82) is 0 Å². The first-order valence-electron chi connectivity index (χ1n) is 9.63. The highest BCUT2D eigenvalue weighted by Crippen LogP contribution is 2.47. The number of aliphatic hydroxyl groups excluding tert-OH is 3. The van der Waals surface area contributed by atoms with Crippen molar-refractivity contribution in [3.63, 3.8) is 0 Å². The maximum absolute atomic E-state index is 9.20. The Labute approximate surface area is 148 Å². The third kappa shape index (κ3) is 7.79. The lowest BCUT2D eigenvalue weighted by Crippen LogP contribution is -2.50. The molecule has 144 valence electrons.